The highest BCUT2D eigenvalue weighted by Gasteiger charge is 2.50. The van der Waals surface area contributed by atoms with Gasteiger partial charge < -0.3 is 24.1 Å². The van der Waals surface area contributed by atoms with E-state index in [9.17, 15) is 19.2 Å². The Balaban J connectivity index is 3.04. The van der Waals surface area contributed by atoms with Crippen molar-refractivity contribution in [3.05, 3.63) is 0 Å². The molecule has 1 saturated heterocycles. The lowest BCUT2D eigenvalue weighted by molar-refractivity contribution is -0.229. The van der Waals surface area contributed by atoms with E-state index in [0.29, 0.717) is 0 Å². The molecule has 142 valence electrons. The van der Waals surface area contributed by atoms with E-state index in [1.54, 1.807) is 6.92 Å². The van der Waals surface area contributed by atoms with Crippen LogP contribution in [0.3, 0.4) is 0 Å². The molecule has 1 rings (SSSR count). The molecule has 1 aliphatic heterocycles. The first-order valence-electron chi connectivity index (χ1n) is 7.62. The van der Waals surface area contributed by atoms with Crippen LogP contribution < -0.4 is 0 Å². The Labute approximate surface area is 149 Å². The van der Waals surface area contributed by atoms with E-state index >= 15 is 0 Å². The molecule has 0 bridgehead atoms. The number of carbonyl (C=O) groups excluding carboxylic acids is 3. The maximum atomic E-state index is 11.5. The zero-order valence-corrected chi connectivity index (χ0v) is 15.2. The van der Waals surface area contributed by atoms with Crippen LogP contribution in [-0.4, -0.2) is 64.6 Å². The van der Waals surface area contributed by atoms with Gasteiger partial charge in [-0.05, 0) is 6.92 Å². The van der Waals surface area contributed by atoms with Crippen molar-refractivity contribution >= 4 is 35.6 Å². The lowest BCUT2D eigenvalue weighted by atomic mass is 10.00. The molecule has 9 nitrogen and oxygen atoms in total. The number of ether oxygens (including phenoxy) is 4. The van der Waals surface area contributed by atoms with Crippen LogP contribution in [0.4, 0.5) is 0 Å². The van der Waals surface area contributed by atoms with E-state index in [4.69, 9.17) is 24.1 Å². The Kier molecular flexibility index (Phi) is 8.17. The lowest BCUT2D eigenvalue weighted by Crippen LogP contribution is -2.59. The largest absolute Gasteiger partial charge is 0.481 e. The van der Waals surface area contributed by atoms with Gasteiger partial charge in [0.1, 0.15) is 5.44 Å². The zero-order valence-electron chi connectivity index (χ0n) is 14.4. The van der Waals surface area contributed by atoms with Crippen molar-refractivity contribution in [3.8, 4) is 0 Å². The fourth-order valence-corrected chi connectivity index (χ4v) is 3.55. The summed E-state index contributed by atoms with van der Waals surface area (Å²) in [7, 11) is 0. The molecule has 0 spiro atoms. The molecular formula is C15H22O9S. The van der Waals surface area contributed by atoms with Gasteiger partial charge in [0.15, 0.2) is 18.3 Å². The molecule has 1 heterocycles. The number of carbonyl (C=O) groups is 4. The Morgan fingerprint density at radius 3 is 1.88 bits per heavy atom. The third kappa shape index (κ3) is 6.91. The normalized spacial score (nSPS) is 28.7. The molecule has 1 aliphatic rings. The molecule has 0 aromatic heterocycles. The standard InChI is InChI=1S/C15H22O9S/c1-7-12(22-8(2)16)13(23-9(3)17)14(24-10(4)18)15(21-7)25-6-5-11(19)20/h7,12-15H,5-6H2,1-4H3,(H,19,20)/t7-,12+,13+,14-,15+/m0/s1. The predicted molar refractivity (Wildman–Crippen MR) is 85.7 cm³/mol. The van der Waals surface area contributed by atoms with Crippen LogP contribution in [0.1, 0.15) is 34.1 Å². The molecule has 1 N–H and O–H groups in total. The first kappa shape index (κ1) is 21.2. The van der Waals surface area contributed by atoms with Crippen LogP contribution in [0, 0.1) is 0 Å². The SMILES string of the molecule is CC(=O)O[C@@H]1[C@H](OC(C)=O)[C@H](C)O[C@H](SCCC(=O)O)[C@H]1OC(C)=O. The van der Waals surface area contributed by atoms with Gasteiger partial charge in [0.05, 0.1) is 12.5 Å². The van der Waals surface area contributed by atoms with E-state index in [1.165, 1.54) is 20.8 Å². The topological polar surface area (TPSA) is 125 Å². The highest BCUT2D eigenvalue weighted by molar-refractivity contribution is 7.99. The first-order valence-corrected chi connectivity index (χ1v) is 8.67. The monoisotopic (exact) mass is 378 g/mol. The maximum absolute atomic E-state index is 11.5. The van der Waals surface area contributed by atoms with Crippen LogP contribution in [0.2, 0.25) is 0 Å². The summed E-state index contributed by atoms with van der Waals surface area (Å²) in [6.45, 7) is 5.19. The minimum atomic E-state index is -1.06. The van der Waals surface area contributed by atoms with Crippen molar-refractivity contribution in [2.75, 3.05) is 5.75 Å². The van der Waals surface area contributed by atoms with Gasteiger partial charge in [-0.2, -0.15) is 0 Å². The van der Waals surface area contributed by atoms with Crippen LogP contribution in [0.25, 0.3) is 0 Å². The summed E-state index contributed by atoms with van der Waals surface area (Å²) >= 11 is 1.12. The Morgan fingerprint density at radius 2 is 1.40 bits per heavy atom. The second-order valence-electron chi connectivity index (χ2n) is 5.45. The highest BCUT2D eigenvalue weighted by Crippen LogP contribution is 2.34. The number of thioether (sulfide) groups is 1. The van der Waals surface area contributed by atoms with E-state index in [2.05, 4.69) is 0 Å². The molecule has 0 aromatic carbocycles. The first-order chi connectivity index (χ1) is 11.6. The van der Waals surface area contributed by atoms with E-state index in [1.807, 2.05) is 0 Å². The molecule has 5 atom stereocenters. The van der Waals surface area contributed by atoms with Gasteiger partial charge in [0, 0.05) is 26.5 Å². The number of esters is 3. The number of hydrogen-bond donors (Lipinski definition) is 1. The van der Waals surface area contributed by atoms with Gasteiger partial charge in [-0.15, -0.1) is 11.8 Å². The summed E-state index contributed by atoms with van der Waals surface area (Å²) in [6, 6.07) is 0. The van der Waals surface area contributed by atoms with Gasteiger partial charge in [0.25, 0.3) is 0 Å². The predicted octanol–water partition coefficient (Wildman–Crippen LogP) is 0.734. The average molecular weight is 378 g/mol. The smallest absolute Gasteiger partial charge is 0.304 e. The maximum Gasteiger partial charge on any atom is 0.304 e. The Bertz CT molecular complexity index is 521. The Hall–Kier alpha value is -1.81. The molecule has 25 heavy (non-hydrogen) atoms. The Morgan fingerprint density at radius 1 is 0.920 bits per heavy atom. The summed E-state index contributed by atoms with van der Waals surface area (Å²) in [5.41, 5.74) is -0.769. The molecule has 1 fully saturated rings. The quantitative estimate of drug-likeness (QED) is 0.500. The van der Waals surface area contributed by atoms with Crippen LogP contribution in [-0.2, 0) is 38.1 Å². The molecular weight excluding hydrogens is 356 g/mol. The van der Waals surface area contributed by atoms with Gasteiger partial charge in [-0.3, -0.25) is 19.2 Å². The molecule has 10 heteroatoms. The molecule has 0 saturated carbocycles. The minimum Gasteiger partial charge on any atom is -0.481 e. The summed E-state index contributed by atoms with van der Waals surface area (Å²) < 4.78 is 21.4. The van der Waals surface area contributed by atoms with Gasteiger partial charge in [0.2, 0.25) is 0 Å². The third-order valence-electron chi connectivity index (χ3n) is 3.23. The van der Waals surface area contributed by atoms with Crippen molar-refractivity contribution in [3.63, 3.8) is 0 Å². The summed E-state index contributed by atoms with van der Waals surface area (Å²) in [4.78, 5) is 44.9. The van der Waals surface area contributed by atoms with E-state index in [0.717, 1.165) is 11.8 Å². The van der Waals surface area contributed by atoms with Gasteiger partial charge >= 0.3 is 23.9 Å². The summed E-state index contributed by atoms with van der Waals surface area (Å²) in [6.07, 6.45) is -3.82. The summed E-state index contributed by atoms with van der Waals surface area (Å²) in [5.74, 6) is -2.64. The highest BCUT2D eigenvalue weighted by atomic mass is 32.2. The van der Waals surface area contributed by atoms with Crippen molar-refractivity contribution < 1.29 is 43.2 Å². The van der Waals surface area contributed by atoms with Crippen molar-refractivity contribution in [2.24, 2.45) is 0 Å². The van der Waals surface area contributed by atoms with Crippen molar-refractivity contribution in [1.29, 1.82) is 0 Å². The minimum absolute atomic E-state index is 0.114. The summed E-state index contributed by atoms with van der Waals surface area (Å²) in [5, 5.41) is 8.75. The lowest BCUT2D eigenvalue weighted by Gasteiger charge is -2.43. The van der Waals surface area contributed by atoms with Gasteiger partial charge in [-0.1, -0.05) is 0 Å². The second kappa shape index (κ2) is 9.62. The number of aliphatic carboxylic acids is 1. The number of carboxylic acid groups (broad SMARTS) is 1. The van der Waals surface area contributed by atoms with Crippen molar-refractivity contribution in [1.82, 2.24) is 0 Å². The van der Waals surface area contributed by atoms with E-state index < -0.39 is 53.7 Å². The second-order valence-corrected chi connectivity index (χ2v) is 6.65. The number of carboxylic acids is 1. The van der Waals surface area contributed by atoms with Crippen molar-refractivity contribution in [2.45, 2.75) is 64.0 Å². The fourth-order valence-electron chi connectivity index (χ4n) is 2.37. The van der Waals surface area contributed by atoms with Crippen LogP contribution in [0.5, 0.6) is 0 Å². The molecule has 0 radical (unpaired) electrons. The number of rotatable bonds is 7. The molecule has 0 aliphatic carbocycles. The van der Waals surface area contributed by atoms with Crippen LogP contribution in [0.15, 0.2) is 0 Å². The zero-order chi connectivity index (χ0) is 19.1. The molecule has 0 unspecified atom stereocenters. The third-order valence-corrected chi connectivity index (χ3v) is 4.38. The van der Waals surface area contributed by atoms with Gasteiger partial charge in [-0.25, -0.2) is 0 Å². The molecule has 0 amide bonds. The fraction of sp³-hybridized carbons (Fsp3) is 0.733. The number of hydrogen-bond acceptors (Lipinski definition) is 9. The van der Waals surface area contributed by atoms with Crippen LogP contribution >= 0.6 is 11.8 Å². The molecule has 0 aromatic rings. The van der Waals surface area contributed by atoms with E-state index in [-0.39, 0.29) is 12.2 Å². The average Bonchev–Trinajstić information content (AvgIpc) is 2.45.